The molecule has 4 aromatic rings. The smallest absolute Gasteiger partial charge is 0.322 e. The topological polar surface area (TPSA) is 122 Å². The molecule has 0 atom stereocenters. The minimum atomic E-state index is -1.22. The maximum Gasteiger partial charge on any atom is 0.322 e. The van der Waals surface area contributed by atoms with Crippen LogP contribution < -0.4 is 10.9 Å². The van der Waals surface area contributed by atoms with E-state index in [0.29, 0.717) is 22.3 Å². The number of rotatable bonds is 6. The quantitative estimate of drug-likeness (QED) is 0.421. The Bertz CT molecular complexity index is 1410. The van der Waals surface area contributed by atoms with E-state index in [1.807, 2.05) is 48.5 Å². The van der Waals surface area contributed by atoms with E-state index in [2.05, 4.69) is 10.3 Å². The number of carbonyl (C=O) groups is 2. The van der Waals surface area contributed by atoms with Crippen LogP contribution in [-0.2, 0) is 11.3 Å². The first kappa shape index (κ1) is 21.8. The number of aromatic nitrogens is 2. The summed E-state index contributed by atoms with van der Waals surface area (Å²) in [6.45, 7) is 1.27. The molecule has 2 heterocycles. The van der Waals surface area contributed by atoms with Crippen molar-refractivity contribution in [2.45, 2.75) is 13.5 Å². The fourth-order valence-electron chi connectivity index (χ4n) is 3.78. The summed E-state index contributed by atoms with van der Waals surface area (Å²) >= 11 is 0. The van der Waals surface area contributed by atoms with E-state index in [1.54, 1.807) is 25.1 Å². The molecule has 0 unspecified atom stereocenters. The van der Waals surface area contributed by atoms with Crippen LogP contribution in [0, 0.1) is 6.92 Å². The highest BCUT2D eigenvalue weighted by Crippen LogP contribution is 2.32. The van der Waals surface area contributed by atoms with Crippen molar-refractivity contribution in [2.75, 3.05) is 6.54 Å². The number of hydrogen-bond donors (Lipinski definition) is 3. The number of fused-ring (bicyclic) bond motifs is 1. The maximum atomic E-state index is 13.6. The number of nitrogens with zero attached hydrogens (tertiary/aromatic N) is 2. The molecule has 0 aliphatic carbocycles. The van der Waals surface area contributed by atoms with Gasteiger partial charge in [-0.1, -0.05) is 60.7 Å². The van der Waals surface area contributed by atoms with Crippen LogP contribution in [0.4, 0.5) is 0 Å². The third kappa shape index (κ3) is 4.31. The van der Waals surface area contributed by atoms with Gasteiger partial charge in [-0.3, -0.25) is 14.4 Å². The van der Waals surface area contributed by atoms with Gasteiger partial charge in [0.2, 0.25) is 0 Å². The van der Waals surface area contributed by atoms with Crippen LogP contribution in [0.2, 0.25) is 0 Å². The summed E-state index contributed by atoms with van der Waals surface area (Å²) < 4.78 is 1.54. The van der Waals surface area contributed by atoms with E-state index in [9.17, 15) is 19.5 Å². The third-order valence-corrected chi connectivity index (χ3v) is 5.27. The van der Waals surface area contributed by atoms with Gasteiger partial charge in [0.1, 0.15) is 6.54 Å². The Hall–Kier alpha value is -4.46. The van der Waals surface area contributed by atoms with Gasteiger partial charge in [-0.05, 0) is 24.1 Å². The van der Waals surface area contributed by atoms with Crippen molar-refractivity contribution in [1.29, 1.82) is 0 Å². The number of carboxylic acid groups (broad SMARTS) is 1. The summed E-state index contributed by atoms with van der Waals surface area (Å²) in [5, 5.41) is 22.3. The lowest BCUT2D eigenvalue weighted by molar-refractivity contribution is -0.135. The molecule has 4 rings (SSSR count). The Morgan fingerprint density at radius 2 is 1.67 bits per heavy atom. The van der Waals surface area contributed by atoms with Gasteiger partial charge in [0.25, 0.3) is 11.5 Å². The number of aryl methyl sites for hydroxylation is 1. The van der Waals surface area contributed by atoms with Gasteiger partial charge in [0, 0.05) is 10.9 Å². The van der Waals surface area contributed by atoms with Crippen LogP contribution in [0.25, 0.3) is 22.0 Å². The van der Waals surface area contributed by atoms with Gasteiger partial charge in [-0.25, -0.2) is 4.98 Å². The van der Waals surface area contributed by atoms with Gasteiger partial charge < -0.3 is 20.1 Å². The first-order chi connectivity index (χ1) is 15.9. The number of carboxylic acids is 1. The highest BCUT2D eigenvalue weighted by Gasteiger charge is 2.22. The van der Waals surface area contributed by atoms with Gasteiger partial charge >= 0.3 is 5.97 Å². The predicted molar refractivity (Wildman–Crippen MR) is 123 cm³/mol. The van der Waals surface area contributed by atoms with E-state index in [1.165, 1.54) is 4.57 Å². The van der Waals surface area contributed by atoms with Crippen LogP contribution in [0.5, 0.6) is 5.75 Å². The molecule has 0 aliphatic heterocycles. The van der Waals surface area contributed by atoms with Crippen LogP contribution in [0.15, 0.2) is 71.5 Å². The monoisotopic (exact) mass is 443 g/mol. The average Bonchev–Trinajstić information content (AvgIpc) is 2.82. The number of amides is 1. The zero-order valence-electron chi connectivity index (χ0n) is 17.8. The lowest BCUT2D eigenvalue weighted by Crippen LogP contribution is -2.30. The average molecular weight is 443 g/mol. The zero-order chi connectivity index (χ0) is 23.5. The second kappa shape index (κ2) is 8.96. The molecule has 8 nitrogen and oxygen atoms in total. The zero-order valence-corrected chi connectivity index (χ0v) is 17.8. The van der Waals surface area contributed by atoms with Crippen molar-refractivity contribution in [3.63, 3.8) is 0 Å². The summed E-state index contributed by atoms with van der Waals surface area (Å²) in [6, 6.07) is 20.0. The normalized spacial score (nSPS) is 10.8. The number of benzene rings is 2. The number of nitrogens with one attached hydrogen (secondary N) is 1. The van der Waals surface area contributed by atoms with Crippen molar-refractivity contribution >= 4 is 22.8 Å². The number of aromatic hydroxyl groups is 1. The molecule has 0 radical (unpaired) electrons. The van der Waals surface area contributed by atoms with Crippen LogP contribution >= 0.6 is 0 Å². The fourth-order valence-corrected chi connectivity index (χ4v) is 3.78. The lowest BCUT2D eigenvalue weighted by atomic mass is 10.0. The van der Waals surface area contributed by atoms with Crippen LogP contribution in [0.3, 0.4) is 0 Å². The number of carbonyl (C=O) groups excluding carboxylic acids is 1. The van der Waals surface area contributed by atoms with Gasteiger partial charge in [0.15, 0.2) is 11.4 Å². The number of hydrogen-bond acceptors (Lipinski definition) is 5. The Balaban J connectivity index is 1.99. The van der Waals surface area contributed by atoms with Gasteiger partial charge in [-0.2, -0.15) is 0 Å². The fraction of sp³-hybridized carbons (Fsp3) is 0.120. The first-order valence-corrected chi connectivity index (χ1v) is 10.2. The largest absolute Gasteiger partial charge is 0.505 e. The van der Waals surface area contributed by atoms with E-state index in [4.69, 9.17) is 5.11 Å². The predicted octanol–water partition coefficient (Wildman–Crippen LogP) is 2.94. The van der Waals surface area contributed by atoms with E-state index >= 15 is 0 Å². The molecule has 2 aromatic heterocycles. The summed E-state index contributed by atoms with van der Waals surface area (Å²) in [5.74, 6) is -2.46. The van der Waals surface area contributed by atoms with E-state index in [-0.39, 0.29) is 23.2 Å². The number of pyridine rings is 2. The number of aliphatic carboxylic acids is 1. The Morgan fingerprint density at radius 3 is 2.30 bits per heavy atom. The minimum absolute atomic E-state index is 0.239. The lowest BCUT2D eigenvalue weighted by Gasteiger charge is -2.17. The molecule has 0 fully saturated rings. The molecule has 0 saturated heterocycles. The molecule has 1 amide bonds. The molecule has 0 aliphatic rings. The molecule has 3 N–H and O–H groups in total. The molecule has 0 saturated carbocycles. The van der Waals surface area contributed by atoms with E-state index in [0.717, 1.165) is 5.56 Å². The van der Waals surface area contributed by atoms with Crippen molar-refractivity contribution in [1.82, 2.24) is 14.9 Å². The molecule has 33 heavy (non-hydrogen) atoms. The molecule has 8 heteroatoms. The third-order valence-electron chi connectivity index (χ3n) is 5.27. The molecular formula is C25H21N3O5. The highest BCUT2D eigenvalue weighted by molar-refractivity contribution is 6.03. The minimum Gasteiger partial charge on any atom is -0.505 e. The van der Waals surface area contributed by atoms with Gasteiger partial charge in [-0.15, -0.1) is 0 Å². The molecule has 0 spiro atoms. The van der Waals surface area contributed by atoms with Gasteiger partial charge in [0.05, 0.1) is 17.8 Å². The van der Waals surface area contributed by atoms with Crippen LogP contribution in [-0.4, -0.2) is 38.2 Å². The molecule has 2 aromatic carbocycles. The summed E-state index contributed by atoms with van der Waals surface area (Å²) in [6.07, 6.45) is 0. The summed E-state index contributed by atoms with van der Waals surface area (Å²) in [4.78, 5) is 41.1. The molecule has 166 valence electrons. The summed E-state index contributed by atoms with van der Waals surface area (Å²) in [7, 11) is 0. The SMILES string of the molecule is Cc1nc(C(=O)NCC(=O)O)c(O)c2cc(-c3ccccc3)c(=O)n(Cc3ccccc3)c12. The standard InChI is InChI=1S/C25H21N3O5/c1-15-22-19(23(31)21(27-15)24(32)26-13-20(29)30)12-18(17-10-6-3-7-11-17)25(33)28(22)14-16-8-4-2-5-9-16/h2-12,31H,13-14H2,1H3,(H,26,32)(H,29,30). The summed E-state index contributed by atoms with van der Waals surface area (Å²) in [5.41, 5.74) is 2.10. The van der Waals surface area contributed by atoms with Crippen molar-refractivity contribution in [2.24, 2.45) is 0 Å². The molecular weight excluding hydrogens is 422 g/mol. The Morgan fingerprint density at radius 1 is 1.03 bits per heavy atom. The Labute approximate surface area is 188 Å². The van der Waals surface area contributed by atoms with Crippen molar-refractivity contribution < 1.29 is 19.8 Å². The molecule has 0 bridgehead atoms. The first-order valence-electron chi connectivity index (χ1n) is 10.2. The van der Waals surface area contributed by atoms with E-state index < -0.39 is 24.2 Å². The maximum absolute atomic E-state index is 13.6. The Kier molecular flexibility index (Phi) is 5.91. The van der Waals surface area contributed by atoms with Crippen molar-refractivity contribution in [3.8, 4) is 16.9 Å². The van der Waals surface area contributed by atoms with Crippen LogP contribution in [0.1, 0.15) is 21.7 Å². The second-order valence-electron chi connectivity index (χ2n) is 7.53. The highest BCUT2D eigenvalue weighted by atomic mass is 16.4. The van der Waals surface area contributed by atoms with Crippen molar-refractivity contribution in [3.05, 3.63) is 94.0 Å². The second-order valence-corrected chi connectivity index (χ2v) is 7.53.